The standard InChI is InChI=1S/C18H23NO3S/c1-3-4-11-22-16-8-7-14(13-17(16)21-2)18(20)19-10-9-15-6-5-12-23-15/h5-8,12-13H,3-4,9-11H2,1-2H3,(H,19,20). The van der Waals surface area contributed by atoms with Gasteiger partial charge in [0, 0.05) is 17.0 Å². The van der Waals surface area contributed by atoms with Crippen molar-refractivity contribution < 1.29 is 14.3 Å². The molecule has 0 aliphatic rings. The van der Waals surface area contributed by atoms with E-state index in [-0.39, 0.29) is 5.91 Å². The molecule has 2 rings (SSSR count). The topological polar surface area (TPSA) is 47.6 Å². The van der Waals surface area contributed by atoms with E-state index in [0.717, 1.165) is 19.3 Å². The Morgan fingerprint density at radius 1 is 1.26 bits per heavy atom. The van der Waals surface area contributed by atoms with Gasteiger partial charge in [-0.1, -0.05) is 19.4 Å². The van der Waals surface area contributed by atoms with Gasteiger partial charge in [0.2, 0.25) is 0 Å². The molecule has 2 aromatic rings. The van der Waals surface area contributed by atoms with Crippen LogP contribution in [0.15, 0.2) is 35.7 Å². The number of hydrogen-bond donors (Lipinski definition) is 1. The van der Waals surface area contributed by atoms with Crippen LogP contribution >= 0.6 is 11.3 Å². The van der Waals surface area contributed by atoms with Gasteiger partial charge in [0.05, 0.1) is 13.7 Å². The molecule has 0 aliphatic carbocycles. The van der Waals surface area contributed by atoms with E-state index < -0.39 is 0 Å². The lowest BCUT2D eigenvalue weighted by Crippen LogP contribution is -2.25. The van der Waals surface area contributed by atoms with E-state index in [2.05, 4.69) is 18.3 Å². The molecule has 0 saturated heterocycles. The maximum atomic E-state index is 12.2. The summed E-state index contributed by atoms with van der Waals surface area (Å²) in [6, 6.07) is 9.38. The minimum absolute atomic E-state index is 0.0973. The summed E-state index contributed by atoms with van der Waals surface area (Å²) in [4.78, 5) is 13.5. The average molecular weight is 333 g/mol. The van der Waals surface area contributed by atoms with Crippen LogP contribution in [0.3, 0.4) is 0 Å². The number of hydrogen-bond acceptors (Lipinski definition) is 4. The fourth-order valence-corrected chi connectivity index (χ4v) is 2.82. The van der Waals surface area contributed by atoms with E-state index in [9.17, 15) is 4.79 Å². The molecular formula is C18H23NO3S. The molecule has 0 aliphatic heterocycles. The highest BCUT2D eigenvalue weighted by Crippen LogP contribution is 2.28. The van der Waals surface area contributed by atoms with E-state index in [1.807, 2.05) is 11.4 Å². The molecule has 0 atom stereocenters. The molecular weight excluding hydrogens is 310 g/mol. The Labute approximate surface area is 141 Å². The molecule has 1 amide bonds. The molecule has 0 radical (unpaired) electrons. The summed E-state index contributed by atoms with van der Waals surface area (Å²) in [5.74, 6) is 1.17. The summed E-state index contributed by atoms with van der Waals surface area (Å²) < 4.78 is 11.0. The number of thiophene rings is 1. The van der Waals surface area contributed by atoms with Crippen molar-refractivity contribution in [2.75, 3.05) is 20.3 Å². The number of rotatable bonds is 9. The third-order valence-electron chi connectivity index (χ3n) is 3.42. The summed E-state index contributed by atoms with van der Waals surface area (Å²) in [7, 11) is 1.58. The van der Waals surface area contributed by atoms with Crippen LogP contribution in [-0.4, -0.2) is 26.2 Å². The smallest absolute Gasteiger partial charge is 0.251 e. The minimum Gasteiger partial charge on any atom is -0.493 e. The van der Waals surface area contributed by atoms with Crippen LogP contribution in [0.2, 0.25) is 0 Å². The molecule has 1 aromatic carbocycles. The van der Waals surface area contributed by atoms with Gasteiger partial charge in [-0.2, -0.15) is 0 Å². The van der Waals surface area contributed by atoms with Gasteiger partial charge in [-0.15, -0.1) is 11.3 Å². The predicted octanol–water partition coefficient (Wildman–Crippen LogP) is 3.91. The van der Waals surface area contributed by atoms with Gasteiger partial charge in [-0.25, -0.2) is 0 Å². The Morgan fingerprint density at radius 3 is 2.83 bits per heavy atom. The number of carbonyl (C=O) groups is 1. The summed E-state index contributed by atoms with van der Waals surface area (Å²) in [6.45, 7) is 3.39. The fraction of sp³-hybridized carbons (Fsp3) is 0.389. The monoisotopic (exact) mass is 333 g/mol. The Bertz CT molecular complexity index is 611. The molecule has 1 aromatic heterocycles. The average Bonchev–Trinajstić information content (AvgIpc) is 3.08. The number of methoxy groups -OCH3 is 1. The molecule has 0 unspecified atom stereocenters. The highest BCUT2D eigenvalue weighted by atomic mass is 32.1. The first-order chi connectivity index (χ1) is 11.2. The number of amides is 1. The van der Waals surface area contributed by atoms with Gasteiger partial charge in [0.25, 0.3) is 5.91 Å². The van der Waals surface area contributed by atoms with Crippen molar-refractivity contribution in [3.8, 4) is 11.5 Å². The Hall–Kier alpha value is -2.01. The lowest BCUT2D eigenvalue weighted by molar-refractivity contribution is 0.0954. The fourth-order valence-electron chi connectivity index (χ4n) is 2.11. The first-order valence-electron chi connectivity index (χ1n) is 7.86. The van der Waals surface area contributed by atoms with Gasteiger partial charge >= 0.3 is 0 Å². The van der Waals surface area contributed by atoms with Gasteiger partial charge < -0.3 is 14.8 Å². The predicted molar refractivity (Wildman–Crippen MR) is 93.8 cm³/mol. The maximum absolute atomic E-state index is 12.2. The van der Waals surface area contributed by atoms with E-state index >= 15 is 0 Å². The molecule has 5 heteroatoms. The van der Waals surface area contributed by atoms with E-state index in [4.69, 9.17) is 9.47 Å². The molecule has 1 heterocycles. The zero-order valence-corrected chi connectivity index (χ0v) is 14.4. The molecule has 23 heavy (non-hydrogen) atoms. The Kier molecular flexibility index (Phi) is 6.94. The van der Waals surface area contributed by atoms with Crippen molar-refractivity contribution in [1.82, 2.24) is 5.32 Å². The number of unbranched alkanes of at least 4 members (excludes halogenated alkanes) is 1. The second-order valence-electron chi connectivity index (χ2n) is 5.15. The van der Waals surface area contributed by atoms with Crippen molar-refractivity contribution in [3.63, 3.8) is 0 Å². The number of ether oxygens (including phenoxy) is 2. The zero-order valence-electron chi connectivity index (χ0n) is 13.6. The third-order valence-corrected chi connectivity index (χ3v) is 4.35. The van der Waals surface area contributed by atoms with Gasteiger partial charge in [-0.05, 0) is 42.5 Å². The number of carbonyl (C=O) groups excluding carboxylic acids is 1. The molecule has 1 N–H and O–H groups in total. The van der Waals surface area contributed by atoms with Gasteiger partial charge in [0.1, 0.15) is 0 Å². The molecule has 124 valence electrons. The van der Waals surface area contributed by atoms with Crippen LogP contribution in [-0.2, 0) is 6.42 Å². The molecule has 0 spiro atoms. The van der Waals surface area contributed by atoms with Crippen LogP contribution < -0.4 is 14.8 Å². The second kappa shape index (κ2) is 9.20. The van der Waals surface area contributed by atoms with E-state index in [1.54, 1.807) is 36.6 Å². The lowest BCUT2D eigenvalue weighted by Gasteiger charge is -2.12. The summed E-state index contributed by atoms with van der Waals surface area (Å²) in [5, 5.41) is 4.97. The summed E-state index contributed by atoms with van der Waals surface area (Å²) in [5.41, 5.74) is 0.580. The minimum atomic E-state index is -0.0973. The molecule has 0 fully saturated rings. The van der Waals surface area contributed by atoms with Crippen LogP contribution in [0.4, 0.5) is 0 Å². The molecule has 0 bridgehead atoms. The molecule has 4 nitrogen and oxygen atoms in total. The third kappa shape index (κ3) is 5.28. The Morgan fingerprint density at radius 2 is 2.13 bits per heavy atom. The molecule has 0 saturated carbocycles. The lowest BCUT2D eigenvalue weighted by atomic mass is 10.2. The van der Waals surface area contributed by atoms with Crippen molar-refractivity contribution >= 4 is 17.2 Å². The van der Waals surface area contributed by atoms with E-state index in [1.165, 1.54) is 4.88 Å². The van der Waals surface area contributed by atoms with Crippen molar-refractivity contribution in [1.29, 1.82) is 0 Å². The maximum Gasteiger partial charge on any atom is 0.251 e. The number of benzene rings is 1. The second-order valence-corrected chi connectivity index (χ2v) is 6.19. The SMILES string of the molecule is CCCCOc1ccc(C(=O)NCCc2cccs2)cc1OC. The quantitative estimate of drug-likeness (QED) is 0.708. The normalized spacial score (nSPS) is 10.3. The highest BCUT2D eigenvalue weighted by molar-refractivity contribution is 7.09. The van der Waals surface area contributed by atoms with Crippen molar-refractivity contribution in [2.45, 2.75) is 26.2 Å². The van der Waals surface area contributed by atoms with Crippen molar-refractivity contribution in [3.05, 3.63) is 46.2 Å². The number of nitrogens with one attached hydrogen (secondary N) is 1. The summed E-state index contributed by atoms with van der Waals surface area (Å²) >= 11 is 1.70. The van der Waals surface area contributed by atoms with E-state index in [0.29, 0.717) is 30.2 Å². The summed E-state index contributed by atoms with van der Waals surface area (Å²) in [6.07, 6.45) is 2.92. The highest BCUT2D eigenvalue weighted by Gasteiger charge is 2.11. The first kappa shape index (κ1) is 17.3. The van der Waals surface area contributed by atoms with Crippen LogP contribution in [0.1, 0.15) is 35.0 Å². The van der Waals surface area contributed by atoms with Crippen LogP contribution in [0, 0.1) is 0 Å². The zero-order chi connectivity index (χ0) is 16.5. The largest absolute Gasteiger partial charge is 0.493 e. The first-order valence-corrected chi connectivity index (χ1v) is 8.74. The van der Waals surface area contributed by atoms with Crippen LogP contribution in [0.5, 0.6) is 11.5 Å². The van der Waals surface area contributed by atoms with Gasteiger partial charge in [-0.3, -0.25) is 4.79 Å². The van der Waals surface area contributed by atoms with Gasteiger partial charge in [0.15, 0.2) is 11.5 Å². The van der Waals surface area contributed by atoms with Crippen molar-refractivity contribution in [2.24, 2.45) is 0 Å². The Balaban J connectivity index is 1.91. The van der Waals surface area contributed by atoms with Crippen LogP contribution in [0.25, 0.3) is 0 Å².